The maximum atomic E-state index is 5.00. The fraction of sp³-hybridized carbons (Fsp3) is 0.583. The van der Waals surface area contributed by atoms with E-state index in [1.807, 2.05) is 18.3 Å². The van der Waals surface area contributed by atoms with Gasteiger partial charge >= 0.3 is 0 Å². The van der Waals surface area contributed by atoms with Crippen LogP contribution in [0.4, 0.5) is 0 Å². The summed E-state index contributed by atoms with van der Waals surface area (Å²) in [6.07, 6.45) is 4.28. The Balaban J connectivity index is 2.37. The molecule has 0 aliphatic carbocycles. The Bertz CT molecular complexity index is 271. The van der Waals surface area contributed by atoms with E-state index in [4.69, 9.17) is 4.74 Å². The number of nitrogens with zero attached hydrogens (tertiary/aromatic N) is 1. The number of nitrogens with one attached hydrogen (secondary N) is 1. The van der Waals surface area contributed by atoms with Gasteiger partial charge in [0.25, 0.3) is 0 Å². The second kappa shape index (κ2) is 6.40. The summed E-state index contributed by atoms with van der Waals surface area (Å²) in [6, 6.07) is 4.50. The summed E-state index contributed by atoms with van der Waals surface area (Å²) in [5.74, 6) is 0.667. The van der Waals surface area contributed by atoms with Gasteiger partial charge in [0, 0.05) is 24.8 Å². The van der Waals surface area contributed by atoms with Crippen LogP contribution in [0.15, 0.2) is 18.3 Å². The van der Waals surface area contributed by atoms with Gasteiger partial charge in [0.1, 0.15) is 0 Å². The van der Waals surface area contributed by atoms with Gasteiger partial charge in [0.05, 0.1) is 7.11 Å². The molecule has 0 aliphatic heterocycles. The van der Waals surface area contributed by atoms with E-state index in [9.17, 15) is 0 Å². The molecule has 1 N–H and O–H groups in total. The Morgan fingerprint density at radius 1 is 1.47 bits per heavy atom. The minimum Gasteiger partial charge on any atom is -0.481 e. The number of rotatable bonds is 6. The fourth-order valence-corrected chi connectivity index (χ4v) is 1.46. The zero-order valence-electron chi connectivity index (χ0n) is 9.79. The molecule has 1 aromatic heterocycles. The van der Waals surface area contributed by atoms with Gasteiger partial charge in [-0.3, -0.25) is 0 Å². The summed E-state index contributed by atoms with van der Waals surface area (Å²) in [6.45, 7) is 5.28. The van der Waals surface area contributed by atoms with E-state index in [-0.39, 0.29) is 0 Å². The van der Waals surface area contributed by atoms with Crippen molar-refractivity contribution >= 4 is 0 Å². The van der Waals surface area contributed by atoms with Gasteiger partial charge in [-0.2, -0.15) is 0 Å². The lowest BCUT2D eigenvalue weighted by Gasteiger charge is -2.12. The smallest absolute Gasteiger partial charge is 0.212 e. The van der Waals surface area contributed by atoms with E-state index >= 15 is 0 Å². The van der Waals surface area contributed by atoms with Gasteiger partial charge in [0.15, 0.2) is 0 Å². The molecular weight excluding hydrogens is 188 g/mol. The van der Waals surface area contributed by atoms with Crippen molar-refractivity contribution in [2.45, 2.75) is 39.3 Å². The monoisotopic (exact) mass is 208 g/mol. The Kier molecular flexibility index (Phi) is 5.12. The second-order valence-corrected chi connectivity index (χ2v) is 3.78. The Morgan fingerprint density at radius 3 is 2.80 bits per heavy atom. The SMILES string of the molecule is CCCC(C)NCc1ccc(OC)nc1. The van der Waals surface area contributed by atoms with E-state index in [1.165, 1.54) is 18.4 Å². The first-order chi connectivity index (χ1) is 7.26. The third-order valence-electron chi connectivity index (χ3n) is 2.38. The van der Waals surface area contributed by atoms with Crippen LogP contribution in [0, 0.1) is 0 Å². The van der Waals surface area contributed by atoms with Crippen LogP contribution in [-0.4, -0.2) is 18.1 Å². The molecule has 15 heavy (non-hydrogen) atoms. The highest BCUT2D eigenvalue weighted by Gasteiger charge is 2.00. The molecule has 0 aromatic carbocycles. The highest BCUT2D eigenvalue weighted by atomic mass is 16.5. The number of pyridine rings is 1. The third kappa shape index (κ3) is 4.30. The van der Waals surface area contributed by atoms with Crippen molar-refractivity contribution in [2.24, 2.45) is 0 Å². The van der Waals surface area contributed by atoms with Gasteiger partial charge in [-0.25, -0.2) is 4.98 Å². The summed E-state index contributed by atoms with van der Waals surface area (Å²) in [7, 11) is 1.63. The Hall–Kier alpha value is -1.09. The average Bonchev–Trinajstić information content (AvgIpc) is 2.27. The van der Waals surface area contributed by atoms with Crippen LogP contribution < -0.4 is 10.1 Å². The first-order valence-electron chi connectivity index (χ1n) is 5.48. The fourth-order valence-electron chi connectivity index (χ4n) is 1.46. The molecule has 3 nitrogen and oxygen atoms in total. The number of hydrogen-bond donors (Lipinski definition) is 1. The number of aromatic nitrogens is 1. The van der Waals surface area contributed by atoms with Gasteiger partial charge in [-0.05, 0) is 18.9 Å². The van der Waals surface area contributed by atoms with Gasteiger partial charge in [-0.1, -0.05) is 19.4 Å². The zero-order valence-corrected chi connectivity index (χ0v) is 9.79. The lowest BCUT2D eigenvalue weighted by molar-refractivity contribution is 0.397. The molecule has 0 amide bonds. The molecule has 0 fully saturated rings. The van der Waals surface area contributed by atoms with E-state index in [0.717, 1.165) is 6.54 Å². The van der Waals surface area contributed by atoms with E-state index < -0.39 is 0 Å². The number of methoxy groups -OCH3 is 1. The van der Waals surface area contributed by atoms with Gasteiger partial charge in [-0.15, -0.1) is 0 Å². The molecular formula is C12H20N2O. The minimum absolute atomic E-state index is 0.567. The van der Waals surface area contributed by atoms with Crippen LogP contribution in [0.1, 0.15) is 32.3 Å². The predicted molar refractivity (Wildman–Crippen MR) is 62.0 cm³/mol. The Labute approximate surface area is 91.9 Å². The molecule has 0 aliphatic rings. The molecule has 0 radical (unpaired) electrons. The third-order valence-corrected chi connectivity index (χ3v) is 2.38. The highest BCUT2D eigenvalue weighted by Crippen LogP contribution is 2.06. The van der Waals surface area contributed by atoms with Crippen LogP contribution in [0.25, 0.3) is 0 Å². The maximum Gasteiger partial charge on any atom is 0.212 e. The largest absolute Gasteiger partial charge is 0.481 e. The van der Waals surface area contributed by atoms with E-state index in [0.29, 0.717) is 11.9 Å². The molecule has 0 bridgehead atoms. The first-order valence-corrected chi connectivity index (χ1v) is 5.48. The van der Waals surface area contributed by atoms with Crippen molar-refractivity contribution in [3.63, 3.8) is 0 Å². The summed E-state index contributed by atoms with van der Waals surface area (Å²) >= 11 is 0. The van der Waals surface area contributed by atoms with Crippen LogP contribution >= 0.6 is 0 Å². The van der Waals surface area contributed by atoms with Crippen molar-refractivity contribution in [2.75, 3.05) is 7.11 Å². The molecule has 0 spiro atoms. The normalized spacial score (nSPS) is 12.5. The van der Waals surface area contributed by atoms with Crippen LogP contribution in [-0.2, 0) is 6.54 Å². The molecule has 1 rings (SSSR count). The predicted octanol–water partition coefficient (Wildman–Crippen LogP) is 2.37. The van der Waals surface area contributed by atoms with Crippen molar-refractivity contribution in [1.29, 1.82) is 0 Å². The molecule has 1 unspecified atom stereocenters. The average molecular weight is 208 g/mol. The summed E-state index contributed by atoms with van der Waals surface area (Å²) < 4.78 is 5.00. The van der Waals surface area contributed by atoms with Gasteiger partial charge < -0.3 is 10.1 Å². The minimum atomic E-state index is 0.567. The van der Waals surface area contributed by atoms with Crippen molar-refractivity contribution in [3.8, 4) is 5.88 Å². The zero-order chi connectivity index (χ0) is 11.1. The van der Waals surface area contributed by atoms with E-state index in [1.54, 1.807) is 7.11 Å². The van der Waals surface area contributed by atoms with E-state index in [2.05, 4.69) is 24.1 Å². The number of ether oxygens (including phenoxy) is 1. The summed E-state index contributed by atoms with van der Waals surface area (Å²) in [5, 5.41) is 3.46. The summed E-state index contributed by atoms with van der Waals surface area (Å²) in [4.78, 5) is 4.16. The molecule has 1 heterocycles. The molecule has 1 aromatic rings. The standard InChI is InChI=1S/C12H20N2O/c1-4-5-10(2)13-8-11-6-7-12(15-3)14-9-11/h6-7,9-10,13H,4-5,8H2,1-3H3. The lowest BCUT2D eigenvalue weighted by Crippen LogP contribution is -2.25. The quantitative estimate of drug-likeness (QED) is 0.779. The molecule has 84 valence electrons. The first kappa shape index (κ1) is 12.0. The molecule has 0 saturated carbocycles. The molecule has 1 atom stereocenters. The van der Waals surface area contributed by atoms with Crippen LogP contribution in [0.2, 0.25) is 0 Å². The van der Waals surface area contributed by atoms with Crippen molar-refractivity contribution < 1.29 is 4.74 Å². The van der Waals surface area contributed by atoms with Crippen LogP contribution in [0.3, 0.4) is 0 Å². The van der Waals surface area contributed by atoms with Crippen LogP contribution in [0.5, 0.6) is 5.88 Å². The molecule has 3 heteroatoms. The molecule has 0 saturated heterocycles. The maximum absolute atomic E-state index is 5.00. The highest BCUT2D eigenvalue weighted by molar-refractivity contribution is 5.17. The Morgan fingerprint density at radius 2 is 2.27 bits per heavy atom. The summed E-state index contributed by atoms with van der Waals surface area (Å²) in [5.41, 5.74) is 1.19. The van der Waals surface area contributed by atoms with Crippen molar-refractivity contribution in [1.82, 2.24) is 10.3 Å². The number of hydrogen-bond acceptors (Lipinski definition) is 3. The van der Waals surface area contributed by atoms with Gasteiger partial charge in [0.2, 0.25) is 5.88 Å². The lowest BCUT2D eigenvalue weighted by atomic mass is 10.2. The second-order valence-electron chi connectivity index (χ2n) is 3.78. The van der Waals surface area contributed by atoms with Crippen molar-refractivity contribution in [3.05, 3.63) is 23.9 Å². The topological polar surface area (TPSA) is 34.1 Å².